The first-order chi connectivity index (χ1) is 13.6. The van der Waals surface area contributed by atoms with Crippen molar-refractivity contribution in [2.75, 3.05) is 25.3 Å². The molecule has 0 aliphatic carbocycles. The Hall–Kier alpha value is -2.31. The Morgan fingerprint density at radius 3 is 2.55 bits per heavy atom. The van der Waals surface area contributed by atoms with Crippen molar-refractivity contribution in [3.63, 3.8) is 0 Å². The van der Waals surface area contributed by atoms with Crippen molar-refractivity contribution < 1.29 is 14.3 Å². The van der Waals surface area contributed by atoms with Crippen LogP contribution in [0.3, 0.4) is 0 Å². The third-order valence-electron chi connectivity index (χ3n) is 4.95. The van der Waals surface area contributed by atoms with E-state index in [2.05, 4.69) is 25.8 Å². The number of hydrogen-bond acceptors (Lipinski definition) is 5. The van der Waals surface area contributed by atoms with Crippen LogP contribution in [0.1, 0.15) is 50.0 Å². The van der Waals surface area contributed by atoms with Gasteiger partial charge in [-0.05, 0) is 45.4 Å². The zero-order chi connectivity index (χ0) is 21.3. The van der Waals surface area contributed by atoms with Crippen LogP contribution >= 0.6 is 11.6 Å². The van der Waals surface area contributed by atoms with Crippen LogP contribution in [0.4, 0.5) is 0 Å². The van der Waals surface area contributed by atoms with Crippen molar-refractivity contribution in [2.24, 2.45) is 0 Å². The smallest absolute Gasteiger partial charge is 0.193 e. The molecule has 0 bridgehead atoms. The number of ketones is 1. The lowest BCUT2D eigenvalue weighted by Crippen LogP contribution is -2.51. The lowest BCUT2D eigenvalue weighted by Gasteiger charge is -2.44. The average Bonchev–Trinajstić information content (AvgIpc) is 2.63. The molecule has 0 saturated carbocycles. The maximum atomic E-state index is 12.5. The fourth-order valence-electron chi connectivity index (χ4n) is 3.45. The molecule has 1 aromatic carbocycles. The fourth-order valence-corrected chi connectivity index (χ4v) is 3.67. The van der Waals surface area contributed by atoms with Crippen LogP contribution in [0, 0.1) is 0 Å². The highest BCUT2D eigenvalue weighted by Crippen LogP contribution is 2.38. The summed E-state index contributed by atoms with van der Waals surface area (Å²) in [6.07, 6.45) is 2.40. The zero-order valence-electron chi connectivity index (χ0n) is 17.5. The molecule has 1 aliphatic heterocycles. The summed E-state index contributed by atoms with van der Waals surface area (Å²) in [6.45, 7) is 9.40. The lowest BCUT2D eigenvalue weighted by atomic mass is 9.97. The molecule has 7 heteroatoms. The van der Waals surface area contributed by atoms with Crippen molar-refractivity contribution in [1.29, 1.82) is 0 Å². The maximum Gasteiger partial charge on any atom is 0.193 e. The van der Waals surface area contributed by atoms with Crippen molar-refractivity contribution in [3.05, 3.63) is 50.8 Å². The van der Waals surface area contributed by atoms with Gasteiger partial charge in [-0.3, -0.25) is 14.3 Å². The molecule has 3 rings (SSSR count). The van der Waals surface area contributed by atoms with E-state index in [9.17, 15) is 9.59 Å². The summed E-state index contributed by atoms with van der Waals surface area (Å²) >= 11 is 6.48. The highest BCUT2D eigenvalue weighted by Gasteiger charge is 2.31. The Kier molecular flexibility index (Phi) is 6.05. The lowest BCUT2D eigenvalue weighted by molar-refractivity contribution is 0.101. The van der Waals surface area contributed by atoms with Gasteiger partial charge in [-0.1, -0.05) is 11.6 Å². The van der Waals surface area contributed by atoms with Gasteiger partial charge in [0, 0.05) is 43.5 Å². The van der Waals surface area contributed by atoms with Crippen molar-refractivity contribution in [2.45, 2.75) is 46.2 Å². The van der Waals surface area contributed by atoms with Crippen LogP contribution in [-0.2, 0) is 11.3 Å². The van der Waals surface area contributed by atoms with E-state index in [-0.39, 0.29) is 22.3 Å². The van der Waals surface area contributed by atoms with E-state index in [4.69, 9.17) is 21.1 Å². The Morgan fingerprint density at radius 1 is 1.21 bits per heavy atom. The normalized spacial score (nSPS) is 13.1. The van der Waals surface area contributed by atoms with E-state index in [1.165, 1.54) is 13.0 Å². The summed E-state index contributed by atoms with van der Waals surface area (Å²) in [6, 6.07) is 5.29. The van der Waals surface area contributed by atoms with Crippen molar-refractivity contribution >= 4 is 17.4 Å². The molecule has 1 aromatic heterocycles. The topological polar surface area (TPSA) is 60.8 Å². The van der Waals surface area contributed by atoms with Gasteiger partial charge in [0.2, 0.25) is 0 Å². The third kappa shape index (κ3) is 4.33. The van der Waals surface area contributed by atoms with Gasteiger partial charge in [0.05, 0.1) is 29.4 Å². The summed E-state index contributed by atoms with van der Waals surface area (Å²) in [4.78, 5) is 24.5. The number of Topliss-reactive ketones (excluding diaryl/α,β-unsaturated/α-hetero) is 1. The predicted octanol–water partition coefficient (Wildman–Crippen LogP) is 4.04. The Bertz CT molecular complexity index is 992. The highest BCUT2D eigenvalue weighted by molar-refractivity contribution is 6.32. The summed E-state index contributed by atoms with van der Waals surface area (Å²) in [5.74, 6) is 0.370. The van der Waals surface area contributed by atoms with Crippen molar-refractivity contribution in [1.82, 2.24) is 4.68 Å². The second kappa shape index (κ2) is 8.20. The number of hydrogen-bond donors (Lipinski definition) is 0. The number of benzene rings is 1. The van der Waals surface area contributed by atoms with Crippen LogP contribution in [0.5, 0.6) is 5.75 Å². The van der Waals surface area contributed by atoms with Gasteiger partial charge in [0.15, 0.2) is 11.2 Å². The molecule has 0 fully saturated rings. The van der Waals surface area contributed by atoms with E-state index < -0.39 is 0 Å². The van der Waals surface area contributed by atoms with E-state index >= 15 is 0 Å². The van der Waals surface area contributed by atoms with Gasteiger partial charge in [-0.15, -0.1) is 0 Å². The molecule has 0 unspecified atom stereocenters. The van der Waals surface area contributed by atoms with Gasteiger partial charge >= 0.3 is 0 Å². The maximum absolute atomic E-state index is 12.5. The Labute approximate surface area is 176 Å². The summed E-state index contributed by atoms with van der Waals surface area (Å²) in [5, 5.41) is 2.61. The zero-order valence-corrected chi connectivity index (χ0v) is 18.3. The van der Waals surface area contributed by atoms with E-state index in [0.29, 0.717) is 36.2 Å². The number of fused-ring (bicyclic) bond motifs is 3. The Balaban J connectivity index is 2.11. The van der Waals surface area contributed by atoms with Crippen LogP contribution in [-0.4, -0.2) is 36.3 Å². The van der Waals surface area contributed by atoms with Crippen LogP contribution in [0.15, 0.2) is 29.2 Å². The number of pyridine rings is 1. The number of aromatic nitrogens is 1. The number of carbonyl (C=O) groups excluding carboxylic acids is 1. The molecule has 0 saturated heterocycles. The molecule has 0 N–H and O–H groups in total. The second-order valence-corrected chi connectivity index (χ2v) is 8.61. The largest absolute Gasteiger partial charge is 0.492 e. The molecular weight excluding hydrogens is 392 g/mol. The molecule has 6 nitrogen and oxygen atoms in total. The molecule has 29 heavy (non-hydrogen) atoms. The first-order valence-electron chi connectivity index (χ1n) is 9.63. The summed E-state index contributed by atoms with van der Waals surface area (Å²) in [5.41, 5.74) is 2.24. The van der Waals surface area contributed by atoms with Gasteiger partial charge in [-0.25, -0.2) is 0 Å². The van der Waals surface area contributed by atoms with Gasteiger partial charge < -0.3 is 14.5 Å². The summed E-state index contributed by atoms with van der Waals surface area (Å²) in [7, 11) is 1.66. The van der Waals surface area contributed by atoms with Gasteiger partial charge in [0.1, 0.15) is 5.75 Å². The quantitative estimate of drug-likeness (QED) is 0.523. The SMILES string of the molecule is COCCCOc1cc2c(cc1Cl)-c1cc(=O)c(C(C)=O)cn1N(C(C)(C)C)C2. The number of ether oxygens (including phenoxy) is 2. The highest BCUT2D eigenvalue weighted by atomic mass is 35.5. The second-order valence-electron chi connectivity index (χ2n) is 8.20. The number of carbonyl (C=O) groups is 1. The third-order valence-corrected chi connectivity index (χ3v) is 5.24. The van der Waals surface area contributed by atoms with Gasteiger partial charge in [-0.2, -0.15) is 0 Å². The number of nitrogens with zero attached hydrogens (tertiary/aromatic N) is 2. The van der Waals surface area contributed by atoms with Gasteiger partial charge in [0.25, 0.3) is 0 Å². The predicted molar refractivity (Wildman–Crippen MR) is 115 cm³/mol. The molecule has 0 atom stereocenters. The molecule has 0 radical (unpaired) electrons. The van der Waals surface area contributed by atoms with Crippen LogP contribution < -0.4 is 15.2 Å². The minimum atomic E-state index is -0.290. The van der Waals surface area contributed by atoms with E-state index in [1.54, 1.807) is 13.3 Å². The van der Waals surface area contributed by atoms with Crippen LogP contribution in [0.2, 0.25) is 5.02 Å². The fraction of sp³-hybridized carbons (Fsp3) is 0.455. The van der Waals surface area contributed by atoms with Crippen LogP contribution in [0.25, 0.3) is 11.3 Å². The molecule has 2 aromatic rings. The number of halogens is 1. The molecule has 0 amide bonds. The number of rotatable bonds is 6. The monoisotopic (exact) mass is 418 g/mol. The molecule has 156 valence electrons. The average molecular weight is 419 g/mol. The number of methoxy groups -OCH3 is 1. The first kappa shape index (κ1) is 21.4. The summed E-state index contributed by atoms with van der Waals surface area (Å²) < 4.78 is 12.8. The van der Waals surface area contributed by atoms with Crippen molar-refractivity contribution in [3.8, 4) is 17.0 Å². The van der Waals surface area contributed by atoms with E-state index in [1.807, 2.05) is 16.8 Å². The minimum absolute atomic E-state index is 0.177. The minimum Gasteiger partial charge on any atom is -0.492 e. The molecular formula is C22H27ClN2O4. The molecule has 1 aliphatic rings. The Morgan fingerprint density at radius 2 is 1.93 bits per heavy atom. The molecule has 2 heterocycles. The van der Waals surface area contributed by atoms with E-state index in [0.717, 1.165) is 17.5 Å². The standard InChI is InChI=1S/C22H27ClN2O4/c1-14(26)17-13-24-19(11-20(17)27)16-10-18(23)21(29-8-6-7-28-5)9-15(16)12-25(24)22(2,3)4/h9-11,13H,6-8,12H2,1-5H3. The molecule has 0 spiro atoms. The first-order valence-corrected chi connectivity index (χ1v) is 10.0.